The number of rotatable bonds is 5. The maximum absolute atomic E-state index is 5.90. The van der Waals surface area contributed by atoms with Crippen molar-refractivity contribution in [2.45, 2.75) is 25.5 Å². The van der Waals surface area contributed by atoms with Gasteiger partial charge < -0.3 is 14.5 Å². The predicted molar refractivity (Wildman–Crippen MR) is 74.7 cm³/mol. The summed E-state index contributed by atoms with van der Waals surface area (Å²) in [4.78, 5) is 2.45. The van der Waals surface area contributed by atoms with E-state index in [1.54, 1.807) is 6.26 Å². The minimum absolute atomic E-state index is 0.0917. The highest BCUT2D eigenvalue weighted by molar-refractivity contribution is 9.10. The minimum Gasteiger partial charge on any atom is -0.466 e. The molecule has 102 valence electrons. The first-order chi connectivity index (χ1) is 8.76. The van der Waals surface area contributed by atoms with Crippen molar-refractivity contribution in [3.05, 3.63) is 22.6 Å². The van der Waals surface area contributed by atoms with Crippen LogP contribution < -0.4 is 5.32 Å². The highest BCUT2D eigenvalue weighted by Crippen LogP contribution is 2.29. The number of hydrogen-bond donors (Lipinski definition) is 1. The Morgan fingerprint density at radius 3 is 3.06 bits per heavy atom. The van der Waals surface area contributed by atoms with Crippen molar-refractivity contribution < 1.29 is 9.15 Å². The molecular formula is C13H21BrN2O2. The Kier molecular flexibility index (Phi) is 5.24. The van der Waals surface area contributed by atoms with Gasteiger partial charge in [0.2, 0.25) is 0 Å². The molecule has 1 fully saturated rings. The van der Waals surface area contributed by atoms with Gasteiger partial charge in [-0.3, -0.25) is 4.90 Å². The van der Waals surface area contributed by atoms with Crippen LogP contribution in [0.2, 0.25) is 0 Å². The van der Waals surface area contributed by atoms with E-state index < -0.39 is 0 Å². The highest BCUT2D eigenvalue weighted by Gasteiger charge is 2.31. The van der Waals surface area contributed by atoms with E-state index in [9.17, 15) is 0 Å². The Labute approximate surface area is 117 Å². The molecule has 1 aromatic heterocycles. The molecule has 18 heavy (non-hydrogen) atoms. The summed E-state index contributed by atoms with van der Waals surface area (Å²) >= 11 is 3.52. The molecule has 0 spiro atoms. The normalized spacial score (nSPS) is 23.2. The fourth-order valence-corrected chi connectivity index (χ4v) is 2.91. The highest BCUT2D eigenvalue weighted by atomic mass is 79.9. The van der Waals surface area contributed by atoms with Crippen LogP contribution in [0.5, 0.6) is 0 Å². The van der Waals surface area contributed by atoms with Crippen LogP contribution in [-0.2, 0) is 4.74 Å². The summed E-state index contributed by atoms with van der Waals surface area (Å²) in [6.07, 6.45) is 3.02. The first kappa shape index (κ1) is 14.1. The molecule has 1 saturated heterocycles. The van der Waals surface area contributed by atoms with Gasteiger partial charge in [-0.15, -0.1) is 0 Å². The lowest BCUT2D eigenvalue weighted by atomic mass is 10.1. The minimum atomic E-state index is 0.0917. The zero-order valence-corrected chi connectivity index (χ0v) is 12.6. The molecule has 0 saturated carbocycles. The standard InChI is InChI=1S/C13H21BrN2O2/c1-3-5-16-6-8-17-11(9-16)12(15-2)13-10(14)4-7-18-13/h4,7,11-12,15H,3,5-6,8-9H2,1-2H3. The molecule has 0 bridgehead atoms. The van der Waals surface area contributed by atoms with Crippen LogP contribution >= 0.6 is 15.9 Å². The lowest BCUT2D eigenvalue weighted by molar-refractivity contribution is -0.0492. The number of morpholine rings is 1. The maximum Gasteiger partial charge on any atom is 0.137 e. The van der Waals surface area contributed by atoms with Gasteiger partial charge in [0.05, 0.1) is 29.5 Å². The third kappa shape index (κ3) is 3.15. The zero-order valence-electron chi connectivity index (χ0n) is 11.0. The molecular weight excluding hydrogens is 296 g/mol. The van der Waals surface area contributed by atoms with Crippen LogP contribution in [0.4, 0.5) is 0 Å². The summed E-state index contributed by atoms with van der Waals surface area (Å²) in [7, 11) is 1.95. The van der Waals surface area contributed by atoms with E-state index in [1.807, 2.05) is 13.1 Å². The Balaban J connectivity index is 2.06. The van der Waals surface area contributed by atoms with Crippen LogP contribution in [0.25, 0.3) is 0 Å². The molecule has 1 N–H and O–H groups in total. The van der Waals surface area contributed by atoms with E-state index in [0.717, 1.165) is 36.5 Å². The Hall–Kier alpha value is -0.360. The summed E-state index contributed by atoms with van der Waals surface area (Å²) in [6.45, 7) is 6.12. The van der Waals surface area contributed by atoms with Crippen LogP contribution in [0, 0.1) is 0 Å². The second kappa shape index (κ2) is 6.70. The van der Waals surface area contributed by atoms with Crippen molar-refractivity contribution in [2.75, 3.05) is 33.3 Å². The first-order valence-electron chi connectivity index (χ1n) is 6.50. The largest absolute Gasteiger partial charge is 0.466 e. The third-order valence-corrected chi connectivity index (χ3v) is 3.98. The average Bonchev–Trinajstić information content (AvgIpc) is 2.78. The third-order valence-electron chi connectivity index (χ3n) is 3.33. The Morgan fingerprint density at radius 1 is 1.61 bits per heavy atom. The number of furan rings is 1. The van der Waals surface area contributed by atoms with Gasteiger partial charge in [-0.1, -0.05) is 6.92 Å². The predicted octanol–water partition coefficient (Wildman–Crippen LogP) is 2.41. The van der Waals surface area contributed by atoms with Crippen molar-refractivity contribution in [1.29, 1.82) is 0 Å². The molecule has 2 unspecified atom stereocenters. The number of ether oxygens (including phenoxy) is 1. The summed E-state index contributed by atoms with van der Waals surface area (Å²) in [5, 5.41) is 3.30. The van der Waals surface area contributed by atoms with Crippen molar-refractivity contribution in [1.82, 2.24) is 10.2 Å². The number of halogens is 1. The number of nitrogens with one attached hydrogen (secondary N) is 1. The van der Waals surface area contributed by atoms with Crippen molar-refractivity contribution in [3.63, 3.8) is 0 Å². The van der Waals surface area contributed by atoms with Gasteiger partial charge in [-0.05, 0) is 42.0 Å². The molecule has 1 aromatic rings. The summed E-state index contributed by atoms with van der Waals surface area (Å²) in [5.41, 5.74) is 0. The number of likely N-dealkylation sites (N-methyl/N-ethyl adjacent to an activating group) is 1. The van der Waals surface area contributed by atoms with E-state index in [0.29, 0.717) is 0 Å². The monoisotopic (exact) mass is 316 g/mol. The second-order valence-electron chi connectivity index (χ2n) is 4.61. The molecule has 2 rings (SSSR count). The molecule has 0 amide bonds. The fraction of sp³-hybridized carbons (Fsp3) is 0.692. The van der Waals surface area contributed by atoms with Crippen LogP contribution in [0.15, 0.2) is 21.2 Å². The van der Waals surface area contributed by atoms with Gasteiger partial charge in [0.1, 0.15) is 5.76 Å². The summed E-state index contributed by atoms with van der Waals surface area (Å²) in [6, 6.07) is 2.01. The molecule has 2 atom stereocenters. The van der Waals surface area contributed by atoms with Crippen LogP contribution in [0.1, 0.15) is 25.1 Å². The van der Waals surface area contributed by atoms with Crippen molar-refractivity contribution in [2.24, 2.45) is 0 Å². The summed E-state index contributed by atoms with van der Waals surface area (Å²) in [5.74, 6) is 0.917. The fourth-order valence-electron chi connectivity index (χ4n) is 2.47. The first-order valence-corrected chi connectivity index (χ1v) is 7.29. The lowest BCUT2D eigenvalue weighted by Gasteiger charge is -2.36. The van der Waals surface area contributed by atoms with Gasteiger partial charge in [0.25, 0.3) is 0 Å². The zero-order chi connectivity index (χ0) is 13.0. The van der Waals surface area contributed by atoms with E-state index in [2.05, 4.69) is 33.1 Å². The number of hydrogen-bond acceptors (Lipinski definition) is 4. The van der Waals surface area contributed by atoms with Crippen LogP contribution in [-0.4, -0.2) is 44.3 Å². The number of nitrogens with zero attached hydrogens (tertiary/aromatic N) is 1. The molecule has 5 heteroatoms. The van der Waals surface area contributed by atoms with Gasteiger partial charge in [-0.2, -0.15) is 0 Å². The molecule has 0 aromatic carbocycles. The second-order valence-corrected chi connectivity index (χ2v) is 5.46. The van der Waals surface area contributed by atoms with Crippen molar-refractivity contribution >= 4 is 15.9 Å². The Morgan fingerprint density at radius 2 is 2.44 bits per heavy atom. The quantitative estimate of drug-likeness (QED) is 0.905. The van der Waals surface area contributed by atoms with Gasteiger partial charge >= 0.3 is 0 Å². The van der Waals surface area contributed by atoms with Crippen molar-refractivity contribution in [3.8, 4) is 0 Å². The van der Waals surface area contributed by atoms with Gasteiger partial charge in [0, 0.05) is 13.1 Å². The molecule has 0 aliphatic carbocycles. The maximum atomic E-state index is 5.90. The van der Waals surface area contributed by atoms with E-state index >= 15 is 0 Å². The molecule has 0 radical (unpaired) electrons. The smallest absolute Gasteiger partial charge is 0.137 e. The average molecular weight is 317 g/mol. The van der Waals surface area contributed by atoms with Crippen LogP contribution in [0.3, 0.4) is 0 Å². The molecule has 2 heterocycles. The molecule has 1 aliphatic rings. The van der Waals surface area contributed by atoms with E-state index in [-0.39, 0.29) is 12.1 Å². The van der Waals surface area contributed by atoms with E-state index in [1.165, 1.54) is 6.42 Å². The molecule has 4 nitrogen and oxygen atoms in total. The van der Waals surface area contributed by atoms with Gasteiger partial charge in [-0.25, -0.2) is 0 Å². The SMILES string of the molecule is CCCN1CCOC(C(NC)c2occc2Br)C1. The summed E-state index contributed by atoms with van der Waals surface area (Å²) < 4.78 is 12.5. The lowest BCUT2D eigenvalue weighted by Crippen LogP contribution is -2.47. The topological polar surface area (TPSA) is 37.6 Å². The van der Waals surface area contributed by atoms with E-state index in [4.69, 9.17) is 9.15 Å². The Bertz CT molecular complexity index is 368. The molecule has 1 aliphatic heterocycles. The van der Waals surface area contributed by atoms with Gasteiger partial charge in [0.15, 0.2) is 0 Å².